The Kier molecular flexibility index (Phi) is 5.15. The summed E-state index contributed by atoms with van der Waals surface area (Å²) in [6, 6.07) is 6.41. The number of piperazine rings is 1. The molecular formula is C18H26N4O2S. The second-order valence-corrected chi connectivity index (χ2v) is 8.52. The van der Waals surface area contributed by atoms with Crippen LogP contribution in [0.1, 0.15) is 25.8 Å². The molecule has 0 radical (unpaired) electrons. The normalized spacial score (nSPS) is 16.2. The van der Waals surface area contributed by atoms with Gasteiger partial charge in [-0.2, -0.15) is 0 Å². The Morgan fingerprint density at radius 1 is 1.28 bits per heavy atom. The maximum absolute atomic E-state index is 11.8. The van der Waals surface area contributed by atoms with Crippen molar-refractivity contribution in [1.29, 1.82) is 0 Å². The van der Waals surface area contributed by atoms with E-state index in [4.69, 9.17) is 4.74 Å². The minimum absolute atomic E-state index is 0.387. The molecule has 1 aliphatic rings. The lowest BCUT2D eigenvalue weighted by Crippen LogP contribution is -2.44. The molecule has 1 aromatic carbocycles. The van der Waals surface area contributed by atoms with Gasteiger partial charge in [0.2, 0.25) is 0 Å². The molecule has 2 aromatic rings. The summed E-state index contributed by atoms with van der Waals surface area (Å²) in [6.45, 7) is 10.2. The molecule has 6 nitrogen and oxygen atoms in total. The summed E-state index contributed by atoms with van der Waals surface area (Å²) in [4.78, 5) is 21.1. The van der Waals surface area contributed by atoms with E-state index in [1.807, 2.05) is 20.8 Å². The van der Waals surface area contributed by atoms with Gasteiger partial charge in [-0.15, -0.1) is 11.3 Å². The number of anilines is 1. The minimum atomic E-state index is -0.491. The number of amides is 1. The first kappa shape index (κ1) is 17.9. The number of thiazole rings is 1. The predicted molar refractivity (Wildman–Crippen MR) is 102 cm³/mol. The molecule has 0 bridgehead atoms. The Bertz CT molecular complexity index is 745. The zero-order chi connectivity index (χ0) is 18.0. The largest absolute Gasteiger partial charge is 0.444 e. The van der Waals surface area contributed by atoms with Gasteiger partial charge in [0, 0.05) is 31.9 Å². The second-order valence-electron chi connectivity index (χ2n) is 7.41. The molecule has 1 aromatic heterocycles. The summed E-state index contributed by atoms with van der Waals surface area (Å²) in [7, 11) is 2.16. The van der Waals surface area contributed by atoms with Crippen LogP contribution in [-0.4, -0.2) is 54.8 Å². The molecule has 1 fully saturated rings. The van der Waals surface area contributed by atoms with Crippen molar-refractivity contribution in [1.82, 2.24) is 15.2 Å². The van der Waals surface area contributed by atoms with Crippen molar-refractivity contribution >= 4 is 33.3 Å². The highest BCUT2D eigenvalue weighted by molar-refractivity contribution is 7.18. The SMILES string of the molecule is CN1CCN(c2ccc3nc(CNC(=O)OC(C)(C)C)sc3c2)CC1. The molecule has 1 amide bonds. The molecule has 0 atom stereocenters. The van der Waals surface area contributed by atoms with Gasteiger partial charge in [-0.05, 0) is 46.0 Å². The van der Waals surface area contributed by atoms with Gasteiger partial charge in [-0.1, -0.05) is 0 Å². The number of carbonyl (C=O) groups is 1. The fraction of sp³-hybridized carbons (Fsp3) is 0.556. The number of ether oxygens (including phenoxy) is 1. The van der Waals surface area contributed by atoms with Crippen molar-refractivity contribution in [2.75, 3.05) is 38.1 Å². The number of aromatic nitrogens is 1. The molecule has 0 unspecified atom stereocenters. The van der Waals surface area contributed by atoms with Crippen molar-refractivity contribution in [2.24, 2.45) is 0 Å². The molecule has 1 N–H and O–H groups in total. The lowest BCUT2D eigenvalue weighted by atomic mass is 10.2. The van der Waals surface area contributed by atoms with Crippen LogP contribution in [0.5, 0.6) is 0 Å². The molecule has 0 spiro atoms. The van der Waals surface area contributed by atoms with Crippen molar-refractivity contribution in [3.63, 3.8) is 0 Å². The molecule has 2 heterocycles. The standard InChI is InChI=1S/C18H26N4O2S/c1-18(2,3)24-17(23)19-12-16-20-14-6-5-13(11-15(14)25-16)22-9-7-21(4)8-10-22/h5-6,11H,7-10,12H2,1-4H3,(H,19,23). The zero-order valence-corrected chi connectivity index (χ0v) is 16.2. The number of hydrogen-bond acceptors (Lipinski definition) is 6. The molecule has 0 saturated carbocycles. The fourth-order valence-corrected chi connectivity index (χ4v) is 3.70. The van der Waals surface area contributed by atoms with Crippen molar-refractivity contribution < 1.29 is 9.53 Å². The van der Waals surface area contributed by atoms with E-state index in [1.165, 1.54) is 5.69 Å². The Balaban J connectivity index is 1.65. The first-order valence-electron chi connectivity index (χ1n) is 8.60. The Hall–Kier alpha value is -1.86. The summed E-state index contributed by atoms with van der Waals surface area (Å²) in [5.41, 5.74) is 1.73. The third-order valence-electron chi connectivity index (χ3n) is 4.07. The number of benzene rings is 1. The van der Waals surface area contributed by atoms with Gasteiger partial charge < -0.3 is 19.9 Å². The average Bonchev–Trinajstić information content (AvgIpc) is 2.94. The van der Waals surface area contributed by atoms with Crippen LogP contribution in [0.4, 0.5) is 10.5 Å². The number of alkyl carbamates (subject to hydrolysis) is 1. The van der Waals surface area contributed by atoms with Crippen molar-refractivity contribution in [3.05, 3.63) is 23.2 Å². The smallest absolute Gasteiger partial charge is 0.408 e. The van der Waals surface area contributed by atoms with E-state index in [-0.39, 0.29) is 0 Å². The van der Waals surface area contributed by atoms with Crippen LogP contribution < -0.4 is 10.2 Å². The number of rotatable bonds is 3. The molecular weight excluding hydrogens is 336 g/mol. The second kappa shape index (κ2) is 7.17. The highest BCUT2D eigenvalue weighted by Crippen LogP contribution is 2.27. The quantitative estimate of drug-likeness (QED) is 0.909. The maximum Gasteiger partial charge on any atom is 0.408 e. The van der Waals surface area contributed by atoms with Gasteiger partial charge >= 0.3 is 6.09 Å². The van der Waals surface area contributed by atoms with Gasteiger partial charge in [0.05, 0.1) is 16.8 Å². The number of fused-ring (bicyclic) bond motifs is 1. The van der Waals surface area contributed by atoms with Crippen LogP contribution in [0.15, 0.2) is 18.2 Å². The van der Waals surface area contributed by atoms with E-state index >= 15 is 0 Å². The summed E-state index contributed by atoms with van der Waals surface area (Å²) < 4.78 is 6.41. The molecule has 0 aliphatic carbocycles. The van der Waals surface area contributed by atoms with Crippen LogP contribution in [0.25, 0.3) is 10.2 Å². The number of hydrogen-bond donors (Lipinski definition) is 1. The highest BCUT2D eigenvalue weighted by atomic mass is 32.1. The van der Waals surface area contributed by atoms with Crippen LogP contribution >= 0.6 is 11.3 Å². The summed E-state index contributed by atoms with van der Waals surface area (Å²) in [5, 5.41) is 3.66. The first-order chi connectivity index (χ1) is 11.8. The monoisotopic (exact) mass is 362 g/mol. The Morgan fingerprint density at radius 3 is 2.68 bits per heavy atom. The number of carbonyl (C=O) groups excluding carboxylic acids is 1. The van der Waals surface area contributed by atoms with E-state index in [9.17, 15) is 4.79 Å². The van der Waals surface area contributed by atoms with E-state index in [1.54, 1.807) is 11.3 Å². The van der Waals surface area contributed by atoms with Crippen LogP contribution in [0.3, 0.4) is 0 Å². The Labute approximate surface area is 152 Å². The van der Waals surface area contributed by atoms with Crippen LogP contribution in [0.2, 0.25) is 0 Å². The van der Waals surface area contributed by atoms with Gasteiger partial charge in [0.1, 0.15) is 10.6 Å². The van der Waals surface area contributed by atoms with Gasteiger partial charge in [-0.3, -0.25) is 0 Å². The Morgan fingerprint density at radius 2 is 2.00 bits per heavy atom. The highest BCUT2D eigenvalue weighted by Gasteiger charge is 2.17. The average molecular weight is 362 g/mol. The van der Waals surface area contributed by atoms with Crippen molar-refractivity contribution in [3.8, 4) is 0 Å². The van der Waals surface area contributed by atoms with E-state index in [2.05, 4.69) is 45.3 Å². The predicted octanol–water partition coefficient (Wildman–Crippen LogP) is 3.07. The maximum atomic E-state index is 11.8. The van der Waals surface area contributed by atoms with E-state index in [0.717, 1.165) is 41.4 Å². The topological polar surface area (TPSA) is 57.7 Å². The molecule has 1 aliphatic heterocycles. The lowest BCUT2D eigenvalue weighted by molar-refractivity contribution is 0.0523. The summed E-state index contributed by atoms with van der Waals surface area (Å²) in [5.74, 6) is 0. The first-order valence-corrected chi connectivity index (χ1v) is 9.42. The molecule has 136 valence electrons. The minimum Gasteiger partial charge on any atom is -0.444 e. The van der Waals surface area contributed by atoms with E-state index < -0.39 is 11.7 Å². The zero-order valence-electron chi connectivity index (χ0n) is 15.3. The molecule has 1 saturated heterocycles. The number of nitrogens with zero attached hydrogens (tertiary/aromatic N) is 3. The third kappa shape index (κ3) is 4.83. The van der Waals surface area contributed by atoms with Crippen molar-refractivity contribution in [2.45, 2.75) is 32.9 Å². The van der Waals surface area contributed by atoms with Gasteiger partial charge in [0.15, 0.2) is 0 Å². The van der Waals surface area contributed by atoms with Crippen LogP contribution in [-0.2, 0) is 11.3 Å². The molecule has 7 heteroatoms. The summed E-state index contributed by atoms with van der Waals surface area (Å²) in [6.07, 6.45) is -0.412. The molecule has 3 rings (SSSR count). The number of nitrogens with one attached hydrogen (secondary N) is 1. The third-order valence-corrected chi connectivity index (χ3v) is 5.09. The lowest BCUT2D eigenvalue weighted by Gasteiger charge is -2.34. The van der Waals surface area contributed by atoms with E-state index in [0.29, 0.717) is 6.54 Å². The van der Waals surface area contributed by atoms with Gasteiger partial charge in [0.25, 0.3) is 0 Å². The number of likely N-dealkylation sites (N-methyl/N-ethyl adjacent to an activating group) is 1. The van der Waals surface area contributed by atoms with Crippen LogP contribution in [0, 0.1) is 0 Å². The summed E-state index contributed by atoms with van der Waals surface area (Å²) >= 11 is 1.62. The van der Waals surface area contributed by atoms with Gasteiger partial charge in [-0.25, -0.2) is 9.78 Å². The molecule has 25 heavy (non-hydrogen) atoms. The fourth-order valence-electron chi connectivity index (χ4n) is 2.76.